The Hall–Kier alpha value is -4.16. The van der Waals surface area contributed by atoms with Gasteiger partial charge in [-0.3, -0.25) is 0 Å². The zero-order chi connectivity index (χ0) is 25.9. The number of allylic oxidation sites excluding steroid dienone is 1. The maximum Gasteiger partial charge on any atom is 0.229 e. The van der Waals surface area contributed by atoms with Crippen molar-refractivity contribution in [2.75, 3.05) is 10.6 Å². The molecule has 0 atom stereocenters. The number of nitrogens with zero attached hydrogens (tertiary/aromatic N) is 4. The van der Waals surface area contributed by atoms with Crippen molar-refractivity contribution in [3.63, 3.8) is 0 Å². The van der Waals surface area contributed by atoms with Gasteiger partial charge in [0.1, 0.15) is 5.82 Å². The van der Waals surface area contributed by atoms with E-state index < -0.39 is 12.9 Å². The maximum atomic E-state index is 8.99. The molecule has 0 amide bonds. The Morgan fingerprint density at radius 2 is 1.93 bits per heavy atom. The first-order valence-electron chi connectivity index (χ1n) is 11.6. The van der Waals surface area contributed by atoms with Gasteiger partial charge in [-0.25, -0.2) is 4.98 Å². The van der Waals surface area contributed by atoms with Crippen molar-refractivity contribution in [3.8, 4) is 12.1 Å². The highest BCUT2D eigenvalue weighted by Crippen LogP contribution is 2.26. The van der Waals surface area contributed by atoms with E-state index in [4.69, 9.17) is 20.1 Å². The predicted molar refractivity (Wildman–Crippen MR) is 110 cm³/mol. The first-order valence-corrected chi connectivity index (χ1v) is 8.06. The minimum absolute atomic E-state index is 0.000520. The lowest BCUT2D eigenvalue weighted by Gasteiger charge is -2.14. The SMILES string of the molecule is [2H]c1cc(C#N)cc([2H])c1Nc1nccc(Nc2c(C)c([2H])c(/C=C/C#N)c([2H])c2C([2H])([2H])[2H])n1. The highest BCUT2D eigenvalue weighted by atomic mass is 15.1. The summed E-state index contributed by atoms with van der Waals surface area (Å²) in [7, 11) is 0. The summed E-state index contributed by atoms with van der Waals surface area (Å²) in [5, 5.41) is 23.4. The molecule has 3 rings (SSSR count). The van der Waals surface area contributed by atoms with Gasteiger partial charge in [0, 0.05) is 27.8 Å². The topological polar surface area (TPSA) is 97.4 Å². The Bertz CT molecular complexity index is 1390. The van der Waals surface area contributed by atoms with Gasteiger partial charge in [0.2, 0.25) is 5.95 Å². The Morgan fingerprint density at radius 3 is 2.64 bits per heavy atom. The number of hydrogen-bond acceptors (Lipinski definition) is 6. The molecule has 6 heteroatoms. The van der Waals surface area contributed by atoms with E-state index in [2.05, 4.69) is 20.6 Å². The lowest BCUT2D eigenvalue weighted by molar-refractivity contribution is 1.16. The molecule has 1 aromatic heterocycles. The van der Waals surface area contributed by atoms with Gasteiger partial charge < -0.3 is 10.6 Å². The van der Waals surface area contributed by atoms with Crippen LogP contribution in [0.15, 0.2) is 54.6 Å². The fourth-order valence-electron chi connectivity index (χ4n) is 2.29. The Morgan fingerprint density at radius 1 is 1.14 bits per heavy atom. The Kier molecular flexibility index (Phi) is 3.49. The van der Waals surface area contributed by atoms with Crippen LogP contribution in [0.3, 0.4) is 0 Å². The average molecular weight is 373 g/mol. The summed E-state index contributed by atoms with van der Waals surface area (Å²) in [4.78, 5) is 8.31. The smallest absolute Gasteiger partial charge is 0.229 e. The van der Waals surface area contributed by atoms with Crippen LogP contribution in [0, 0.1) is 36.4 Å². The summed E-state index contributed by atoms with van der Waals surface area (Å²) in [6.07, 6.45) is 3.68. The summed E-state index contributed by atoms with van der Waals surface area (Å²) in [5.41, 5.74) is 0.186. The monoisotopic (exact) mass is 373 g/mol. The molecule has 28 heavy (non-hydrogen) atoms. The highest BCUT2D eigenvalue weighted by Gasteiger charge is 2.07. The van der Waals surface area contributed by atoms with Crippen LogP contribution in [0.1, 0.15) is 31.8 Å². The highest BCUT2D eigenvalue weighted by molar-refractivity contribution is 5.69. The van der Waals surface area contributed by atoms with Crippen molar-refractivity contribution in [1.82, 2.24) is 9.97 Å². The molecule has 0 aliphatic rings. The van der Waals surface area contributed by atoms with Crippen LogP contribution in [0.5, 0.6) is 0 Å². The third-order valence-corrected chi connectivity index (χ3v) is 3.55. The predicted octanol–water partition coefficient (Wildman–Crippen LogP) is 4.99. The van der Waals surface area contributed by atoms with Crippen LogP contribution >= 0.6 is 0 Å². The molecular formula is C22H18N6. The van der Waals surface area contributed by atoms with Gasteiger partial charge >= 0.3 is 0 Å². The van der Waals surface area contributed by atoms with E-state index in [-0.39, 0.29) is 63.5 Å². The van der Waals surface area contributed by atoms with E-state index in [0.29, 0.717) is 0 Å². The summed E-state index contributed by atoms with van der Waals surface area (Å²) in [5.74, 6) is 0.141. The molecule has 0 spiro atoms. The molecule has 2 N–H and O–H groups in total. The molecule has 0 saturated heterocycles. The van der Waals surface area contributed by atoms with Crippen LogP contribution < -0.4 is 10.6 Å². The third-order valence-electron chi connectivity index (χ3n) is 3.55. The molecule has 2 aromatic carbocycles. The third kappa shape index (κ3) is 4.51. The van der Waals surface area contributed by atoms with E-state index in [1.807, 2.05) is 6.07 Å². The zero-order valence-electron chi connectivity index (χ0n) is 21.8. The average Bonchev–Trinajstić information content (AvgIpc) is 2.79. The number of nitrogens with one attached hydrogen (secondary N) is 2. The molecule has 6 nitrogen and oxygen atoms in total. The molecule has 0 aliphatic carbocycles. The van der Waals surface area contributed by atoms with Crippen LogP contribution in [-0.4, -0.2) is 9.97 Å². The van der Waals surface area contributed by atoms with Crippen LogP contribution in [0.4, 0.5) is 23.1 Å². The van der Waals surface area contributed by atoms with Crippen LogP contribution in [0.2, 0.25) is 0 Å². The fraction of sp³-hybridized carbons (Fsp3) is 0.0909. The van der Waals surface area contributed by atoms with Gasteiger partial charge in [0.25, 0.3) is 0 Å². The molecule has 0 aliphatic heterocycles. The van der Waals surface area contributed by atoms with Crippen molar-refractivity contribution in [3.05, 3.63) is 76.9 Å². The van der Waals surface area contributed by atoms with Gasteiger partial charge in [0.15, 0.2) is 0 Å². The largest absolute Gasteiger partial charge is 0.340 e. The van der Waals surface area contributed by atoms with E-state index in [1.54, 1.807) is 6.07 Å². The number of benzene rings is 2. The van der Waals surface area contributed by atoms with Gasteiger partial charge in [0.05, 0.1) is 23.2 Å². The van der Waals surface area contributed by atoms with Gasteiger partial charge in [-0.05, 0) is 78.9 Å². The van der Waals surface area contributed by atoms with Crippen molar-refractivity contribution in [2.24, 2.45) is 0 Å². The van der Waals surface area contributed by atoms with Crippen LogP contribution in [0.25, 0.3) is 6.08 Å². The Labute approximate surface area is 173 Å². The van der Waals surface area contributed by atoms with Gasteiger partial charge in [-0.15, -0.1) is 0 Å². The second-order valence-corrected chi connectivity index (χ2v) is 5.54. The van der Waals surface area contributed by atoms with Gasteiger partial charge in [-0.2, -0.15) is 15.5 Å². The minimum Gasteiger partial charge on any atom is -0.340 e. The second-order valence-electron chi connectivity index (χ2n) is 5.54. The molecule has 136 valence electrons. The quantitative estimate of drug-likeness (QED) is 0.612. The lowest BCUT2D eigenvalue weighted by atomic mass is 10.0. The fourth-order valence-corrected chi connectivity index (χ4v) is 2.29. The summed E-state index contributed by atoms with van der Waals surface area (Å²) >= 11 is 0. The van der Waals surface area contributed by atoms with Crippen molar-refractivity contribution >= 4 is 29.2 Å². The van der Waals surface area contributed by atoms with Crippen molar-refractivity contribution in [2.45, 2.75) is 13.8 Å². The molecule has 0 unspecified atom stereocenters. The summed E-state index contributed by atoms with van der Waals surface area (Å²) < 4.78 is 56.7. The first kappa shape index (κ1) is 11.5. The summed E-state index contributed by atoms with van der Waals surface area (Å²) in [6.45, 7) is -1.18. The number of hydrogen-bond donors (Lipinski definition) is 2. The van der Waals surface area contributed by atoms with E-state index in [1.165, 1.54) is 37.4 Å². The number of rotatable bonds is 5. The second kappa shape index (κ2) is 8.48. The molecular weight excluding hydrogens is 348 g/mol. The lowest BCUT2D eigenvalue weighted by Crippen LogP contribution is -2.02. The Balaban J connectivity index is 2.06. The van der Waals surface area contributed by atoms with E-state index >= 15 is 0 Å². The molecule has 3 aromatic rings. The number of aromatic nitrogens is 2. The first-order chi connectivity index (χ1) is 16.5. The molecule has 0 radical (unpaired) electrons. The van der Waals surface area contributed by atoms with Crippen molar-refractivity contribution in [1.29, 1.82) is 10.5 Å². The molecule has 0 fully saturated rings. The minimum atomic E-state index is -2.70. The standard InChI is InChI=1S/C22H18N6/c1-15-12-18(4-3-10-23)13-16(2)21(15)27-20-9-11-25-22(28-20)26-19-7-5-17(14-24)6-8-19/h3-9,11-13H,1-2H3,(H2,25,26,27,28)/b4-3+/i1D3,7D,8D,12D,13D. The van der Waals surface area contributed by atoms with Crippen LogP contribution in [-0.2, 0) is 0 Å². The summed E-state index contributed by atoms with van der Waals surface area (Å²) in [6, 6.07) is 6.97. The van der Waals surface area contributed by atoms with E-state index in [0.717, 1.165) is 6.08 Å². The molecule has 1 heterocycles. The number of anilines is 4. The number of nitriles is 2. The normalized spacial score (nSPS) is 14.3. The van der Waals surface area contributed by atoms with E-state index in [9.17, 15) is 0 Å². The van der Waals surface area contributed by atoms with Gasteiger partial charge in [-0.1, -0.05) is 0 Å². The molecule has 0 bridgehead atoms. The van der Waals surface area contributed by atoms with Crippen molar-refractivity contribution < 1.29 is 9.60 Å². The molecule has 0 saturated carbocycles. The zero-order valence-corrected chi connectivity index (χ0v) is 14.8. The maximum absolute atomic E-state index is 8.99.